The van der Waals surface area contributed by atoms with E-state index in [9.17, 15) is 23.2 Å². The molecule has 4 nitrogen and oxygen atoms in total. The van der Waals surface area contributed by atoms with Crippen molar-refractivity contribution >= 4 is 29.1 Å². The SMILES string of the molecule is CC1(C)CC(NC(=O)CCCCC[PH](c2ccc(F)cc2)(c2ccc(F)cc2)c2ccc(F)cc2)CC(C)(C)N1O. The summed E-state index contributed by atoms with van der Waals surface area (Å²) in [6, 6.07) is 19.4. The number of carbonyl (C=O) groups excluding carboxylic acids is 1. The first-order chi connectivity index (χ1) is 19.3. The molecule has 0 saturated carbocycles. The fourth-order valence-corrected chi connectivity index (χ4v) is 11.5. The Bertz CT molecular complexity index is 1180. The number of amides is 1. The molecular formula is C33H42F3N2O2P. The van der Waals surface area contributed by atoms with Crippen LogP contribution in [0.15, 0.2) is 72.8 Å². The number of piperidine rings is 1. The molecule has 0 aromatic heterocycles. The van der Waals surface area contributed by atoms with Gasteiger partial charge < -0.3 is 0 Å². The van der Waals surface area contributed by atoms with Gasteiger partial charge in [-0.05, 0) is 0 Å². The third-order valence-electron chi connectivity index (χ3n) is 8.47. The van der Waals surface area contributed by atoms with Crippen molar-refractivity contribution < 1.29 is 23.2 Å². The third kappa shape index (κ3) is 7.20. The number of unbranched alkanes of at least 4 members (excludes halogenated alkanes) is 2. The first-order valence-corrected chi connectivity index (χ1v) is 16.6. The maximum atomic E-state index is 13.9. The number of benzene rings is 3. The van der Waals surface area contributed by atoms with Crippen molar-refractivity contribution in [2.75, 3.05) is 6.16 Å². The van der Waals surface area contributed by atoms with Crippen molar-refractivity contribution in [3.63, 3.8) is 0 Å². The monoisotopic (exact) mass is 586 g/mol. The van der Waals surface area contributed by atoms with Crippen LogP contribution in [-0.2, 0) is 4.79 Å². The van der Waals surface area contributed by atoms with E-state index in [0.29, 0.717) is 25.7 Å². The molecule has 0 aliphatic carbocycles. The molecule has 0 unspecified atom stereocenters. The van der Waals surface area contributed by atoms with Crippen LogP contribution in [0.1, 0.15) is 66.2 Å². The zero-order chi connectivity index (χ0) is 29.8. The Morgan fingerprint density at radius 2 is 1.15 bits per heavy atom. The summed E-state index contributed by atoms with van der Waals surface area (Å²) in [5.74, 6) is -1.00. The Morgan fingerprint density at radius 3 is 1.54 bits per heavy atom. The maximum absolute atomic E-state index is 13.9. The van der Waals surface area contributed by atoms with E-state index < -0.39 is 18.3 Å². The van der Waals surface area contributed by atoms with Crippen molar-refractivity contribution in [2.24, 2.45) is 0 Å². The Balaban J connectivity index is 1.47. The summed E-state index contributed by atoms with van der Waals surface area (Å²) in [5.41, 5.74) is -0.872. The molecule has 1 saturated heterocycles. The fourth-order valence-electron chi connectivity index (χ4n) is 6.66. The first-order valence-electron chi connectivity index (χ1n) is 14.4. The zero-order valence-corrected chi connectivity index (χ0v) is 25.4. The van der Waals surface area contributed by atoms with E-state index in [2.05, 4.69) is 5.32 Å². The van der Waals surface area contributed by atoms with E-state index in [-0.39, 0.29) is 29.4 Å². The van der Waals surface area contributed by atoms with E-state index in [1.807, 2.05) is 27.7 Å². The summed E-state index contributed by atoms with van der Waals surface area (Å²) >= 11 is 0. The van der Waals surface area contributed by atoms with Crippen LogP contribution in [0.5, 0.6) is 0 Å². The summed E-state index contributed by atoms with van der Waals surface area (Å²) < 4.78 is 41.8. The predicted octanol–water partition coefficient (Wildman–Crippen LogP) is 6.22. The van der Waals surface area contributed by atoms with Crippen LogP contribution in [0.25, 0.3) is 0 Å². The molecule has 1 aliphatic rings. The van der Waals surface area contributed by atoms with E-state index >= 15 is 0 Å². The Labute approximate surface area is 242 Å². The quantitative estimate of drug-likeness (QED) is 0.219. The van der Waals surface area contributed by atoms with Crippen LogP contribution in [0, 0.1) is 17.5 Å². The summed E-state index contributed by atoms with van der Waals surface area (Å²) in [4.78, 5) is 12.9. The molecule has 222 valence electrons. The molecule has 8 heteroatoms. The summed E-state index contributed by atoms with van der Waals surface area (Å²) in [6.45, 7) is 7.91. The Morgan fingerprint density at radius 1 is 0.756 bits per heavy atom. The summed E-state index contributed by atoms with van der Waals surface area (Å²) in [6.07, 6.45) is 4.79. The average Bonchev–Trinajstić information content (AvgIpc) is 2.91. The normalized spacial score (nSPS) is 17.8. The molecule has 1 aliphatic heterocycles. The minimum atomic E-state index is -2.77. The average molecular weight is 587 g/mol. The topological polar surface area (TPSA) is 52.6 Å². The Hall–Kier alpha value is -2.73. The van der Waals surface area contributed by atoms with Gasteiger partial charge in [0.25, 0.3) is 0 Å². The molecule has 1 heterocycles. The van der Waals surface area contributed by atoms with E-state index in [1.54, 1.807) is 36.4 Å². The van der Waals surface area contributed by atoms with Crippen LogP contribution >= 0.6 is 7.26 Å². The van der Waals surface area contributed by atoms with Gasteiger partial charge in [0.15, 0.2) is 0 Å². The molecule has 3 aromatic rings. The number of hydroxylamine groups is 2. The van der Waals surface area contributed by atoms with Crippen LogP contribution in [0.3, 0.4) is 0 Å². The minimum absolute atomic E-state index is 0.00658. The van der Waals surface area contributed by atoms with Crippen LogP contribution in [0.4, 0.5) is 13.2 Å². The van der Waals surface area contributed by atoms with Gasteiger partial charge in [-0.25, -0.2) is 0 Å². The van der Waals surface area contributed by atoms with Gasteiger partial charge in [0.1, 0.15) is 0 Å². The third-order valence-corrected chi connectivity index (χ3v) is 13.5. The van der Waals surface area contributed by atoms with E-state index in [0.717, 1.165) is 34.9 Å². The van der Waals surface area contributed by atoms with Gasteiger partial charge in [-0.15, -0.1) is 0 Å². The number of hydrogen-bond donors (Lipinski definition) is 2. The van der Waals surface area contributed by atoms with Gasteiger partial charge >= 0.3 is 242 Å². The molecule has 1 fully saturated rings. The second-order valence-corrected chi connectivity index (χ2v) is 16.6. The van der Waals surface area contributed by atoms with Gasteiger partial charge in [0, 0.05) is 0 Å². The number of rotatable bonds is 10. The zero-order valence-electron chi connectivity index (χ0n) is 24.4. The van der Waals surface area contributed by atoms with Crippen molar-refractivity contribution in [2.45, 2.75) is 83.3 Å². The van der Waals surface area contributed by atoms with Crippen molar-refractivity contribution in [3.8, 4) is 0 Å². The van der Waals surface area contributed by atoms with E-state index in [4.69, 9.17) is 0 Å². The number of halogens is 3. The summed E-state index contributed by atoms with van der Waals surface area (Å²) in [7, 11) is -2.77. The van der Waals surface area contributed by atoms with Crippen LogP contribution in [0.2, 0.25) is 0 Å². The molecule has 0 radical (unpaired) electrons. The van der Waals surface area contributed by atoms with Gasteiger partial charge in [-0.3, -0.25) is 0 Å². The molecular weight excluding hydrogens is 544 g/mol. The number of nitrogens with one attached hydrogen (secondary N) is 1. The molecule has 0 atom stereocenters. The van der Waals surface area contributed by atoms with Gasteiger partial charge in [-0.2, -0.15) is 0 Å². The molecule has 4 rings (SSSR count). The van der Waals surface area contributed by atoms with Crippen molar-refractivity contribution in [1.29, 1.82) is 0 Å². The number of carbonyl (C=O) groups is 1. The summed E-state index contributed by atoms with van der Waals surface area (Å²) in [5, 5.41) is 18.0. The number of nitrogens with zero attached hydrogens (tertiary/aromatic N) is 1. The molecule has 2 N–H and O–H groups in total. The van der Waals surface area contributed by atoms with Crippen LogP contribution in [-0.4, -0.2) is 39.5 Å². The van der Waals surface area contributed by atoms with Gasteiger partial charge in [0.05, 0.1) is 0 Å². The molecule has 0 spiro atoms. The van der Waals surface area contributed by atoms with E-state index in [1.165, 1.54) is 41.5 Å². The second kappa shape index (κ2) is 12.6. The van der Waals surface area contributed by atoms with Crippen LogP contribution < -0.4 is 21.2 Å². The molecule has 1 amide bonds. The molecule has 0 bridgehead atoms. The van der Waals surface area contributed by atoms with Crippen molar-refractivity contribution in [3.05, 3.63) is 90.2 Å². The number of hydrogen-bond acceptors (Lipinski definition) is 3. The Kier molecular flexibility index (Phi) is 9.63. The molecule has 3 aromatic carbocycles. The van der Waals surface area contributed by atoms with Crippen molar-refractivity contribution in [1.82, 2.24) is 10.4 Å². The first kappa shape index (κ1) is 31.2. The fraction of sp³-hybridized carbons (Fsp3) is 0.424. The standard InChI is InChI=1S/C33H42F3N2O2P/c1-32(2)22-27(23-33(3,4)38(32)40)37-31(39)8-6-5-7-21-41(28-15-9-24(34)10-16-28,29-17-11-25(35)12-18-29)30-19-13-26(36)14-20-30/h9-20,27,40-41H,5-8,21-23H2,1-4H3,(H,37,39). The molecule has 41 heavy (non-hydrogen) atoms. The van der Waals surface area contributed by atoms with Gasteiger partial charge in [-0.1, -0.05) is 0 Å². The second-order valence-electron chi connectivity index (χ2n) is 12.6. The van der Waals surface area contributed by atoms with Gasteiger partial charge in [0.2, 0.25) is 0 Å². The predicted molar refractivity (Wildman–Crippen MR) is 163 cm³/mol.